The molecule has 7 heteroatoms. The highest BCUT2D eigenvalue weighted by molar-refractivity contribution is 7.99. The fraction of sp³-hybridized carbons (Fsp3) is 0.0625. The molecule has 0 bridgehead atoms. The number of nitrogens with zero attached hydrogens (tertiary/aromatic N) is 3. The van der Waals surface area contributed by atoms with Crippen molar-refractivity contribution in [2.75, 3.05) is 11.5 Å². The second-order valence-corrected chi connectivity index (χ2v) is 5.46. The van der Waals surface area contributed by atoms with Gasteiger partial charge in [-0.1, -0.05) is 12.1 Å². The number of rotatable bonds is 4. The normalized spacial score (nSPS) is 9.83. The molecule has 2 aromatic rings. The maximum atomic E-state index is 9.69. The van der Waals surface area contributed by atoms with Gasteiger partial charge in [0.1, 0.15) is 28.5 Å². The standard InChI is InChI=1S/C16H12N4O2S/c1-2-5-23-16-11(8-18)14(10(7-17)15(19)20-16)9-3-4-12(21)13(22)6-9/h2-4,6,21-22H,1,5H2,(H2,19,20). The van der Waals surface area contributed by atoms with Crippen molar-refractivity contribution in [2.24, 2.45) is 0 Å². The summed E-state index contributed by atoms with van der Waals surface area (Å²) >= 11 is 1.27. The number of nitriles is 2. The fourth-order valence-corrected chi connectivity index (χ4v) is 2.74. The summed E-state index contributed by atoms with van der Waals surface area (Å²) in [6, 6.07) is 8.02. The largest absolute Gasteiger partial charge is 0.504 e. The Bertz CT molecular complexity index is 866. The quantitative estimate of drug-likeness (QED) is 0.448. The van der Waals surface area contributed by atoms with Crippen LogP contribution in [0.15, 0.2) is 35.9 Å². The topological polar surface area (TPSA) is 127 Å². The predicted octanol–water partition coefficient (Wildman–Crippen LogP) is 2.76. The van der Waals surface area contributed by atoms with E-state index < -0.39 is 0 Å². The molecule has 0 aliphatic carbocycles. The number of pyridine rings is 1. The zero-order chi connectivity index (χ0) is 17.0. The van der Waals surface area contributed by atoms with Crippen molar-refractivity contribution in [1.29, 1.82) is 10.5 Å². The molecule has 0 aliphatic heterocycles. The molecule has 0 fully saturated rings. The summed E-state index contributed by atoms with van der Waals surface area (Å²) in [6.07, 6.45) is 1.66. The van der Waals surface area contributed by atoms with Crippen LogP contribution in [0.4, 0.5) is 5.82 Å². The highest BCUT2D eigenvalue weighted by Crippen LogP contribution is 2.38. The minimum absolute atomic E-state index is 0.000581. The van der Waals surface area contributed by atoms with E-state index in [1.165, 1.54) is 30.0 Å². The van der Waals surface area contributed by atoms with Gasteiger partial charge in [-0.3, -0.25) is 0 Å². The number of aromatic hydroxyl groups is 2. The summed E-state index contributed by atoms with van der Waals surface area (Å²) in [4.78, 5) is 4.11. The Morgan fingerprint density at radius 3 is 2.48 bits per heavy atom. The van der Waals surface area contributed by atoms with Crippen LogP contribution < -0.4 is 5.73 Å². The number of hydrogen-bond acceptors (Lipinski definition) is 7. The van der Waals surface area contributed by atoms with E-state index in [0.29, 0.717) is 16.3 Å². The molecule has 0 aliphatic rings. The smallest absolute Gasteiger partial charge is 0.158 e. The lowest BCUT2D eigenvalue weighted by atomic mass is 9.96. The lowest BCUT2D eigenvalue weighted by molar-refractivity contribution is 0.404. The summed E-state index contributed by atoms with van der Waals surface area (Å²) in [7, 11) is 0. The molecule has 0 unspecified atom stereocenters. The highest BCUT2D eigenvalue weighted by atomic mass is 32.2. The Kier molecular flexibility index (Phi) is 4.75. The molecular weight excluding hydrogens is 312 g/mol. The minimum Gasteiger partial charge on any atom is -0.504 e. The number of anilines is 1. The number of thioether (sulfide) groups is 1. The summed E-state index contributed by atoms with van der Waals surface area (Å²) in [5.74, 6) is -0.131. The Morgan fingerprint density at radius 2 is 1.91 bits per heavy atom. The lowest BCUT2D eigenvalue weighted by Gasteiger charge is -2.13. The molecule has 1 aromatic heterocycles. The van der Waals surface area contributed by atoms with Crippen LogP contribution in [0.3, 0.4) is 0 Å². The Hall–Kier alpha value is -3.16. The van der Waals surface area contributed by atoms with Gasteiger partial charge in [0.25, 0.3) is 0 Å². The molecule has 4 N–H and O–H groups in total. The average molecular weight is 324 g/mol. The number of nitrogen functional groups attached to an aromatic ring is 1. The molecule has 114 valence electrons. The van der Waals surface area contributed by atoms with E-state index in [0.717, 1.165) is 0 Å². The summed E-state index contributed by atoms with van der Waals surface area (Å²) in [5, 5.41) is 38.4. The van der Waals surface area contributed by atoms with Crippen LogP contribution in [-0.2, 0) is 0 Å². The van der Waals surface area contributed by atoms with Crippen LogP contribution in [0.2, 0.25) is 0 Å². The molecule has 0 saturated carbocycles. The minimum atomic E-state index is -0.356. The molecule has 23 heavy (non-hydrogen) atoms. The van der Waals surface area contributed by atoms with Crippen molar-refractivity contribution >= 4 is 17.6 Å². The number of benzene rings is 1. The van der Waals surface area contributed by atoms with Gasteiger partial charge in [-0.2, -0.15) is 10.5 Å². The van der Waals surface area contributed by atoms with E-state index in [1.807, 2.05) is 12.1 Å². The zero-order valence-corrected chi connectivity index (χ0v) is 12.8. The Balaban J connectivity index is 2.80. The number of nitrogens with two attached hydrogens (primary N) is 1. The third kappa shape index (κ3) is 3.05. The highest BCUT2D eigenvalue weighted by Gasteiger charge is 2.20. The third-order valence-electron chi connectivity index (χ3n) is 3.02. The molecular formula is C16H12N4O2S. The first-order valence-corrected chi connectivity index (χ1v) is 7.41. The molecule has 1 aromatic carbocycles. The summed E-state index contributed by atoms with van der Waals surface area (Å²) < 4.78 is 0. The van der Waals surface area contributed by atoms with Crippen molar-refractivity contribution in [3.8, 4) is 34.8 Å². The van der Waals surface area contributed by atoms with Gasteiger partial charge in [0.2, 0.25) is 0 Å². The van der Waals surface area contributed by atoms with Gasteiger partial charge >= 0.3 is 0 Å². The number of aromatic nitrogens is 1. The SMILES string of the molecule is C=CCSc1nc(N)c(C#N)c(-c2ccc(O)c(O)c2)c1C#N. The first kappa shape index (κ1) is 16.2. The number of phenolic OH excluding ortho intramolecular Hbond substituents is 2. The van der Waals surface area contributed by atoms with Crippen LogP contribution in [0.5, 0.6) is 11.5 Å². The molecule has 0 saturated heterocycles. The first-order valence-electron chi connectivity index (χ1n) is 6.43. The van der Waals surface area contributed by atoms with E-state index in [9.17, 15) is 20.7 Å². The van der Waals surface area contributed by atoms with Crippen LogP contribution in [0, 0.1) is 22.7 Å². The van der Waals surface area contributed by atoms with Gasteiger partial charge in [0.15, 0.2) is 11.5 Å². The second-order valence-electron chi connectivity index (χ2n) is 4.45. The predicted molar refractivity (Wildman–Crippen MR) is 87.8 cm³/mol. The van der Waals surface area contributed by atoms with Gasteiger partial charge in [-0.05, 0) is 17.7 Å². The number of phenols is 2. The molecule has 1 heterocycles. The second kappa shape index (κ2) is 6.73. The maximum Gasteiger partial charge on any atom is 0.158 e. The van der Waals surface area contributed by atoms with Crippen molar-refractivity contribution in [3.63, 3.8) is 0 Å². The van der Waals surface area contributed by atoms with Crippen molar-refractivity contribution < 1.29 is 10.2 Å². The molecule has 0 spiro atoms. The first-order chi connectivity index (χ1) is 11.0. The van der Waals surface area contributed by atoms with E-state index >= 15 is 0 Å². The van der Waals surface area contributed by atoms with E-state index in [1.54, 1.807) is 6.08 Å². The van der Waals surface area contributed by atoms with Gasteiger partial charge < -0.3 is 15.9 Å². The van der Waals surface area contributed by atoms with Crippen LogP contribution in [0.1, 0.15) is 11.1 Å². The van der Waals surface area contributed by atoms with Crippen molar-refractivity contribution in [2.45, 2.75) is 5.03 Å². The molecule has 0 radical (unpaired) electrons. The van der Waals surface area contributed by atoms with E-state index in [2.05, 4.69) is 11.6 Å². The fourth-order valence-electron chi connectivity index (χ4n) is 2.01. The summed E-state index contributed by atoms with van der Waals surface area (Å²) in [5.41, 5.74) is 6.75. The van der Waals surface area contributed by atoms with Crippen LogP contribution in [0.25, 0.3) is 11.1 Å². The van der Waals surface area contributed by atoms with Gasteiger partial charge in [-0.15, -0.1) is 18.3 Å². The molecule has 0 amide bonds. The van der Waals surface area contributed by atoms with Crippen molar-refractivity contribution in [3.05, 3.63) is 42.0 Å². The lowest BCUT2D eigenvalue weighted by Crippen LogP contribution is -2.03. The summed E-state index contributed by atoms with van der Waals surface area (Å²) in [6.45, 7) is 3.61. The molecule has 2 rings (SSSR count). The zero-order valence-electron chi connectivity index (χ0n) is 11.9. The van der Waals surface area contributed by atoms with E-state index in [-0.39, 0.29) is 34.0 Å². The third-order valence-corrected chi connectivity index (χ3v) is 3.99. The van der Waals surface area contributed by atoms with E-state index in [4.69, 9.17) is 5.73 Å². The van der Waals surface area contributed by atoms with Gasteiger partial charge in [-0.25, -0.2) is 4.98 Å². The van der Waals surface area contributed by atoms with Gasteiger partial charge in [0, 0.05) is 11.3 Å². The van der Waals surface area contributed by atoms with Crippen LogP contribution in [-0.4, -0.2) is 20.9 Å². The molecule has 6 nitrogen and oxygen atoms in total. The maximum absolute atomic E-state index is 9.69. The van der Waals surface area contributed by atoms with Crippen molar-refractivity contribution in [1.82, 2.24) is 4.98 Å². The van der Waals surface area contributed by atoms with Crippen LogP contribution >= 0.6 is 11.8 Å². The molecule has 0 atom stereocenters. The average Bonchev–Trinajstić information content (AvgIpc) is 2.54. The van der Waals surface area contributed by atoms with Gasteiger partial charge in [0.05, 0.1) is 5.56 Å². The monoisotopic (exact) mass is 324 g/mol. The Labute approximate surface area is 137 Å². The Morgan fingerprint density at radius 1 is 1.22 bits per heavy atom. The number of hydrogen-bond donors (Lipinski definition) is 3.